The molecule has 2 aromatic carbocycles. The van der Waals surface area contributed by atoms with Crippen LogP contribution >= 0.6 is 11.6 Å². The van der Waals surface area contributed by atoms with Crippen LogP contribution in [0.1, 0.15) is 17.5 Å². The van der Waals surface area contributed by atoms with Gasteiger partial charge < -0.3 is 15.2 Å². The molecule has 0 aliphatic rings. The third kappa shape index (κ3) is 4.96. The van der Waals surface area contributed by atoms with Gasteiger partial charge in [-0.25, -0.2) is 0 Å². The van der Waals surface area contributed by atoms with Crippen molar-refractivity contribution in [1.82, 2.24) is 0 Å². The highest BCUT2D eigenvalue weighted by atomic mass is 35.5. The van der Waals surface area contributed by atoms with Crippen molar-refractivity contribution < 1.29 is 9.47 Å². The molecule has 2 rings (SSSR count). The molecule has 2 N–H and O–H groups in total. The quantitative estimate of drug-likeness (QED) is 0.788. The van der Waals surface area contributed by atoms with Crippen molar-refractivity contribution in [2.45, 2.75) is 19.9 Å². The van der Waals surface area contributed by atoms with Gasteiger partial charge in [-0.1, -0.05) is 23.7 Å². The first kappa shape index (κ1) is 15.7. The lowest BCUT2D eigenvalue weighted by Crippen LogP contribution is -2.05. The summed E-state index contributed by atoms with van der Waals surface area (Å²) in [7, 11) is 0. The summed E-state index contributed by atoms with van der Waals surface area (Å²) < 4.78 is 11.3. The van der Waals surface area contributed by atoms with E-state index in [1.807, 2.05) is 49.4 Å². The molecule has 3 nitrogen and oxygen atoms in total. The summed E-state index contributed by atoms with van der Waals surface area (Å²) in [6.07, 6.45) is 0.814. The van der Waals surface area contributed by atoms with Crippen LogP contribution in [0.2, 0.25) is 5.02 Å². The lowest BCUT2D eigenvalue weighted by molar-refractivity contribution is 0.247. The molecule has 0 aromatic heterocycles. The topological polar surface area (TPSA) is 44.5 Å². The smallest absolute Gasteiger partial charge is 0.119 e. The zero-order chi connectivity index (χ0) is 15.1. The van der Waals surface area contributed by atoms with Gasteiger partial charge in [0.2, 0.25) is 0 Å². The molecule has 0 saturated carbocycles. The van der Waals surface area contributed by atoms with Gasteiger partial charge in [0.15, 0.2) is 0 Å². The molecule has 0 unspecified atom stereocenters. The zero-order valence-corrected chi connectivity index (χ0v) is 12.9. The van der Waals surface area contributed by atoms with E-state index in [-0.39, 0.29) is 0 Å². The number of aryl methyl sites for hydroxylation is 1. The third-order valence-corrected chi connectivity index (χ3v) is 3.51. The van der Waals surface area contributed by atoms with E-state index in [1.54, 1.807) is 0 Å². The lowest BCUT2D eigenvalue weighted by Gasteiger charge is -2.09. The first-order valence-electron chi connectivity index (χ1n) is 7.00. The number of ether oxygens (including phenoxy) is 2. The van der Waals surface area contributed by atoms with Crippen molar-refractivity contribution in [2.24, 2.45) is 5.73 Å². The highest BCUT2D eigenvalue weighted by Gasteiger charge is 1.99. The lowest BCUT2D eigenvalue weighted by atomic mass is 10.2. The van der Waals surface area contributed by atoms with Crippen molar-refractivity contribution in [3.05, 3.63) is 58.6 Å². The van der Waals surface area contributed by atoms with Crippen LogP contribution in [0.25, 0.3) is 0 Å². The Hall–Kier alpha value is -1.71. The van der Waals surface area contributed by atoms with Crippen molar-refractivity contribution in [3.63, 3.8) is 0 Å². The van der Waals surface area contributed by atoms with Gasteiger partial charge >= 0.3 is 0 Å². The Morgan fingerprint density at radius 2 is 1.71 bits per heavy atom. The maximum atomic E-state index is 5.97. The van der Waals surface area contributed by atoms with Crippen LogP contribution in [0, 0.1) is 6.92 Å². The van der Waals surface area contributed by atoms with Gasteiger partial charge in [-0.05, 0) is 48.4 Å². The van der Waals surface area contributed by atoms with Gasteiger partial charge in [0.25, 0.3) is 0 Å². The molecule has 21 heavy (non-hydrogen) atoms. The molecule has 112 valence electrons. The largest absolute Gasteiger partial charge is 0.493 e. The van der Waals surface area contributed by atoms with E-state index < -0.39 is 0 Å². The average molecular weight is 306 g/mol. The van der Waals surface area contributed by atoms with Crippen LogP contribution in [-0.4, -0.2) is 13.2 Å². The highest BCUT2D eigenvalue weighted by molar-refractivity contribution is 6.31. The average Bonchev–Trinajstić information content (AvgIpc) is 2.50. The Morgan fingerprint density at radius 3 is 2.38 bits per heavy atom. The minimum absolute atomic E-state index is 0.524. The van der Waals surface area contributed by atoms with Crippen LogP contribution < -0.4 is 15.2 Å². The second-order valence-electron chi connectivity index (χ2n) is 4.81. The number of rotatable bonds is 7. The van der Waals surface area contributed by atoms with Crippen LogP contribution in [0.15, 0.2) is 42.5 Å². The number of hydrogen-bond donors (Lipinski definition) is 1. The second kappa shape index (κ2) is 7.91. The Bertz CT molecular complexity index is 587. The molecule has 0 fully saturated rings. The molecule has 0 amide bonds. The predicted octanol–water partition coefficient (Wildman–Crippen LogP) is 3.96. The fraction of sp³-hybridized carbons (Fsp3) is 0.294. The Kier molecular flexibility index (Phi) is 5.90. The number of nitrogens with two attached hydrogens (primary N) is 1. The van der Waals surface area contributed by atoms with Crippen molar-refractivity contribution in [1.29, 1.82) is 0 Å². The Morgan fingerprint density at radius 1 is 1.00 bits per heavy atom. The molecule has 0 saturated heterocycles. The molecule has 2 aromatic rings. The molecule has 0 atom stereocenters. The molecule has 4 heteroatoms. The van der Waals surface area contributed by atoms with E-state index in [9.17, 15) is 0 Å². The Balaban J connectivity index is 1.71. The normalized spacial score (nSPS) is 10.4. The van der Waals surface area contributed by atoms with E-state index in [1.165, 1.54) is 0 Å². The number of hydrogen-bond acceptors (Lipinski definition) is 3. The minimum atomic E-state index is 0.524. The number of halogens is 1. The monoisotopic (exact) mass is 305 g/mol. The van der Waals surface area contributed by atoms with E-state index in [0.29, 0.717) is 19.8 Å². The summed E-state index contributed by atoms with van der Waals surface area (Å²) in [4.78, 5) is 0. The van der Waals surface area contributed by atoms with Gasteiger partial charge in [0.05, 0.1) is 13.2 Å². The number of benzene rings is 2. The molecular weight excluding hydrogens is 286 g/mol. The summed E-state index contributed by atoms with van der Waals surface area (Å²) in [6.45, 7) is 3.71. The van der Waals surface area contributed by atoms with Crippen LogP contribution in [0.4, 0.5) is 0 Å². The highest BCUT2D eigenvalue weighted by Crippen LogP contribution is 2.21. The maximum Gasteiger partial charge on any atom is 0.119 e. The van der Waals surface area contributed by atoms with E-state index >= 15 is 0 Å². The summed E-state index contributed by atoms with van der Waals surface area (Å²) in [5, 5.41) is 0.755. The maximum absolute atomic E-state index is 5.97. The SMILES string of the molecule is Cc1cc(OCCCOc2cccc(CN)c2)ccc1Cl. The molecule has 0 heterocycles. The Labute approximate surface area is 130 Å². The molecule has 0 bridgehead atoms. The van der Waals surface area contributed by atoms with E-state index in [2.05, 4.69) is 0 Å². The fourth-order valence-electron chi connectivity index (χ4n) is 1.91. The summed E-state index contributed by atoms with van der Waals surface area (Å²) in [5.74, 6) is 1.68. The third-order valence-electron chi connectivity index (χ3n) is 3.09. The molecular formula is C17H20ClNO2. The molecule has 0 spiro atoms. The first-order chi connectivity index (χ1) is 10.2. The summed E-state index contributed by atoms with van der Waals surface area (Å²) in [5.41, 5.74) is 7.68. The van der Waals surface area contributed by atoms with Crippen LogP contribution in [0.3, 0.4) is 0 Å². The summed E-state index contributed by atoms with van der Waals surface area (Å²) in [6, 6.07) is 13.5. The molecule has 0 aliphatic heterocycles. The van der Waals surface area contributed by atoms with Gasteiger partial charge in [-0.2, -0.15) is 0 Å². The fourth-order valence-corrected chi connectivity index (χ4v) is 2.03. The van der Waals surface area contributed by atoms with Gasteiger partial charge in [0, 0.05) is 18.0 Å². The van der Waals surface area contributed by atoms with Crippen molar-refractivity contribution in [2.75, 3.05) is 13.2 Å². The predicted molar refractivity (Wildman–Crippen MR) is 86.1 cm³/mol. The second-order valence-corrected chi connectivity index (χ2v) is 5.22. The van der Waals surface area contributed by atoms with Gasteiger partial charge in [-0.3, -0.25) is 0 Å². The van der Waals surface area contributed by atoms with Crippen LogP contribution in [-0.2, 0) is 6.54 Å². The molecule has 0 radical (unpaired) electrons. The van der Waals surface area contributed by atoms with Crippen LogP contribution in [0.5, 0.6) is 11.5 Å². The van der Waals surface area contributed by atoms with E-state index in [4.69, 9.17) is 26.8 Å². The first-order valence-corrected chi connectivity index (χ1v) is 7.37. The molecule has 0 aliphatic carbocycles. The van der Waals surface area contributed by atoms with E-state index in [0.717, 1.165) is 34.1 Å². The van der Waals surface area contributed by atoms with Crippen molar-refractivity contribution >= 4 is 11.6 Å². The minimum Gasteiger partial charge on any atom is -0.493 e. The standard InChI is InChI=1S/C17H20ClNO2/c1-13-10-16(6-7-17(13)18)21-9-3-8-20-15-5-2-4-14(11-15)12-19/h2,4-7,10-11H,3,8-9,12,19H2,1H3. The van der Waals surface area contributed by atoms with Gasteiger partial charge in [-0.15, -0.1) is 0 Å². The zero-order valence-electron chi connectivity index (χ0n) is 12.1. The summed E-state index contributed by atoms with van der Waals surface area (Å²) >= 11 is 5.97. The van der Waals surface area contributed by atoms with Crippen molar-refractivity contribution in [3.8, 4) is 11.5 Å². The van der Waals surface area contributed by atoms with Gasteiger partial charge in [0.1, 0.15) is 11.5 Å².